The number of nitrogens with one attached hydrogen (secondary N) is 1. The average Bonchev–Trinajstić information content (AvgIpc) is 2.92. The van der Waals surface area contributed by atoms with Gasteiger partial charge in [-0.1, -0.05) is 19.1 Å². The lowest BCUT2D eigenvalue weighted by atomic mass is 10.2. The molecule has 1 N–H and O–H groups in total. The number of nitrogens with zero attached hydrogens (tertiary/aromatic N) is 3. The Kier molecular flexibility index (Phi) is 3.35. The van der Waals surface area contributed by atoms with Gasteiger partial charge < -0.3 is 5.32 Å². The van der Waals surface area contributed by atoms with E-state index < -0.39 is 11.7 Å². The number of amides is 1. The van der Waals surface area contributed by atoms with Crippen LogP contribution in [0.1, 0.15) is 23.1 Å². The minimum Gasteiger partial charge on any atom is -0.319 e. The third-order valence-corrected chi connectivity index (χ3v) is 3.09. The summed E-state index contributed by atoms with van der Waals surface area (Å²) in [6, 6.07) is 9.30. The third-order valence-electron chi connectivity index (χ3n) is 3.09. The first kappa shape index (κ1) is 13.2. The van der Waals surface area contributed by atoms with E-state index in [1.807, 2.05) is 6.92 Å². The largest absolute Gasteiger partial charge is 0.319 e. The first-order chi connectivity index (χ1) is 10.2. The second-order valence-corrected chi connectivity index (χ2v) is 4.51. The van der Waals surface area contributed by atoms with Crippen LogP contribution in [0, 0.1) is 5.82 Å². The molecule has 0 spiro atoms. The Morgan fingerprint density at radius 2 is 2.10 bits per heavy atom. The first-order valence-corrected chi connectivity index (χ1v) is 6.59. The molecule has 21 heavy (non-hydrogen) atoms. The van der Waals surface area contributed by atoms with Crippen LogP contribution in [0.2, 0.25) is 0 Å². The number of halogens is 1. The molecule has 2 aromatic heterocycles. The van der Waals surface area contributed by atoms with Gasteiger partial charge in [-0.05, 0) is 24.3 Å². The number of carbonyl (C=O) groups excluding carboxylic acids is 1. The maximum absolute atomic E-state index is 13.6. The summed E-state index contributed by atoms with van der Waals surface area (Å²) >= 11 is 0. The molecule has 0 aliphatic rings. The summed E-state index contributed by atoms with van der Waals surface area (Å²) in [5, 5.41) is 6.95. The Balaban J connectivity index is 1.96. The Morgan fingerprint density at radius 3 is 2.86 bits per heavy atom. The van der Waals surface area contributed by atoms with Crippen LogP contribution in [0.3, 0.4) is 0 Å². The van der Waals surface area contributed by atoms with Crippen molar-refractivity contribution >= 4 is 17.2 Å². The van der Waals surface area contributed by atoms with Crippen LogP contribution in [0.4, 0.5) is 10.1 Å². The highest BCUT2D eigenvalue weighted by atomic mass is 19.1. The molecule has 1 aromatic carbocycles. The predicted octanol–water partition coefficient (Wildman–Crippen LogP) is 2.68. The molecule has 6 heteroatoms. The highest BCUT2D eigenvalue weighted by molar-refractivity contribution is 6.06. The summed E-state index contributed by atoms with van der Waals surface area (Å²) in [5.41, 5.74) is 1.03. The Morgan fingerprint density at radius 1 is 1.29 bits per heavy atom. The second-order valence-electron chi connectivity index (χ2n) is 4.51. The number of rotatable bonds is 3. The third kappa shape index (κ3) is 2.47. The molecule has 106 valence electrons. The van der Waals surface area contributed by atoms with Crippen LogP contribution in [-0.2, 0) is 6.42 Å². The average molecular weight is 284 g/mol. The van der Waals surface area contributed by atoms with E-state index in [1.165, 1.54) is 12.1 Å². The summed E-state index contributed by atoms with van der Waals surface area (Å²) in [4.78, 5) is 16.5. The number of anilines is 1. The minimum absolute atomic E-state index is 0.00488. The van der Waals surface area contributed by atoms with Gasteiger partial charge in [0.1, 0.15) is 5.82 Å². The van der Waals surface area contributed by atoms with Crippen molar-refractivity contribution in [1.29, 1.82) is 0 Å². The molecule has 2 heterocycles. The zero-order valence-corrected chi connectivity index (χ0v) is 11.4. The van der Waals surface area contributed by atoms with Crippen molar-refractivity contribution in [3.8, 4) is 0 Å². The van der Waals surface area contributed by atoms with Crippen molar-refractivity contribution in [3.05, 3.63) is 59.8 Å². The molecule has 0 fully saturated rings. The lowest BCUT2D eigenvalue weighted by molar-refractivity contribution is 0.102. The van der Waals surface area contributed by atoms with E-state index in [4.69, 9.17) is 0 Å². The van der Waals surface area contributed by atoms with Gasteiger partial charge in [-0.25, -0.2) is 13.9 Å². The summed E-state index contributed by atoms with van der Waals surface area (Å²) in [6.07, 6.45) is 2.45. The highest BCUT2D eigenvalue weighted by Crippen LogP contribution is 2.17. The molecule has 3 aromatic rings. The van der Waals surface area contributed by atoms with E-state index in [1.54, 1.807) is 35.0 Å². The van der Waals surface area contributed by atoms with E-state index in [0.717, 1.165) is 0 Å². The molecule has 1 amide bonds. The summed E-state index contributed by atoms with van der Waals surface area (Å²) in [6.45, 7) is 1.95. The molecule has 5 nitrogen and oxygen atoms in total. The van der Waals surface area contributed by atoms with Gasteiger partial charge >= 0.3 is 0 Å². The van der Waals surface area contributed by atoms with Crippen LogP contribution < -0.4 is 5.32 Å². The lowest BCUT2D eigenvalue weighted by Gasteiger charge is -2.06. The topological polar surface area (TPSA) is 59.3 Å². The number of hydrogen-bond acceptors (Lipinski definition) is 3. The molecule has 0 unspecified atom stereocenters. The van der Waals surface area contributed by atoms with Crippen LogP contribution in [0.15, 0.2) is 42.6 Å². The number of pyridine rings is 1. The van der Waals surface area contributed by atoms with Gasteiger partial charge in [0, 0.05) is 12.6 Å². The second kappa shape index (κ2) is 5.32. The van der Waals surface area contributed by atoms with Gasteiger partial charge in [0.05, 0.1) is 11.3 Å². The van der Waals surface area contributed by atoms with Crippen LogP contribution >= 0.6 is 0 Å². The van der Waals surface area contributed by atoms with Crippen LogP contribution in [0.25, 0.3) is 5.65 Å². The van der Waals surface area contributed by atoms with E-state index in [2.05, 4.69) is 15.4 Å². The summed E-state index contributed by atoms with van der Waals surface area (Å²) in [5.74, 6) is -0.387. The molecule has 0 radical (unpaired) electrons. The van der Waals surface area contributed by atoms with E-state index in [-0.39, 0.29) is 5.56 Å². The Bertz CT molecular complexity index is 812. The molecular weight excluding hydrogens is 271 g/mol. The minimum atomic E-state index is -0.558. The van der Waals surface area contributed by atoms with Gasteiger partial charge in [-0.3, -0.25) is 4.79 Å². The standard InChI is InChI=1S/C15H13FN4O/c1-2-13-18-14-12(8-5-9-20(14)19-13)17-15(21)10-6-3-4-7-11(10)16/h3-9H,2H2,1H3,(H,17,21). The maximum Gasteiger partial charge on any atom is 0.258 e. The molecule has 0 bridgehead atoms. The quantitative estimate of drug-likeness (QED) is 0.804. The van der Waals surface area contributed by atoms with Crippen LogP contribution in [0.5, 0.6) is 0 Å². The SMILES string of the molecule is CCc1nc2c(NC(=O)c3ccccc3F)cccn2n1. The lowest BCUT2D eigenvalue weighted by Crippen LogP contribution is -2.14. The van der Waals surface area contributed by atoms with Gasteiger partial charge in [-0.2, -0.15) is 5.10 Å². The molecule has 0 saturated carbocycles. The molecular formula is C15H13FN4O. The fourth-order valence-corrected chi connectivity index (χ4v) is 2.03. The normalized spacial score (nSPS) is 10.8. The number of hydrogen-bond donors (Lipinski definition) is 1. The number of aryl methyl sites for hydroxylation is 1. The molecule has 3 rings (SSSR count). The van der Waals surface area contributed by atoms with E-state index in [9.17, 15) is 9.18 Å². The molecule has 0 saturated heterocycles. The fourth-order valence-electron chi connectivity index (χ4n) is 2.03. The highest BCUT2D eigenvalue weighted by Gasteiger charge is 2.14. The van der Waals surface area contributed by atoms with Crippen molar-refractivity contribution in [2.45, 2.75) is 13.3 Å². The number of benzene rings is 1. The Labute approximate surface area is 120 Å². The molecule has 0 aliphatic heterocycles. The van der Waals surface area contributed by atoms with Gasteiger partial charge in [0.25, 0.3) is 5.91 Å². The van der Waals surface area contributed by atoms with Gasteiger partial charge in [0.15, 0.2) is 11.5 Å². The van der Waals surface area contributed by atoms with Crippen molar-refractivity contribution in [2.75, 3.05) is 5.32 Å². The number of aromatic nitrogens is 3. The first-order valence-electron chi connectivity index (χ1n) is 6.59. The van der Waals surface area contributed by atoms with Gasteiger partial charge in [0.2, 0.25) is 0 Å². The molecule has 0 aliphatic carbocycles. The number of carbonyl (C=O) groups is 1. The van der Waals surface area contributed by atoms with Crippen molar-refractivity contribution in [3.63, 3.8) is 0 Å². The van der Waals surface area contributed by atoms with Crippen molar-refractivity contribution < 1.29 is 9.18 Å². The smallest absolute Gasteiger partial charge is 0.258 e. The number of fused-ring (bicyclic) bond motifs is 1. The summed E-state index contributed by atoms with van der Waals surface area (Å²) < 4.78 is 15.2. The van der Waals surface area contributed by atoms with E-state index >= 15 is 0 Å². The zero-order chi connectivity index (χ0) is 14.8. The summed E-state index contributed by atoms with van der Waals surface area (Å²) in [7, 11) is 0. The molecule has 0 atom stereocenters. The van der Waals surface area contributed by atoms with E-state index in [0.29, 0.717) is 23.6 Å². The fraction of sp³-hybridized carbons (Fsp3) is 0.133. The van der Waals surface area contributed by atoms with Crippen molar-refractivity contribution in [2.24, 2.45) is 0 Å². The van der Waals surface area contributed by atoms with Crippen molar-refractivity contribution in [1.82, 2.24) is 14.6 Å². The van der Waals surface area contributed by atoms with Gasteiger partial charge in [-0.15, -0.1) is 0 Å². The Hall–Kier alpha value is -2.76. The van der Waals surface area contributed by atoms with Crippen LogP contribution in [-0.4, -0.2) is 20.5 Å². The predicted molar refractivity (Wildman–Crippen MR) is 76.7 cm³/mol. The maximum atomic E-state index is 13.6. The monoisotopic (exact) mass is 284 g/mol. The zero-order valence-electron chi connectivity index (χ0n) is 11.4.